The molecule has 0 bridgehead atoms. The van der Waals surface area contributed by atoms with Gasteiger partial charge in [0.1, 0.15) is 18.3 Å². The fraction of sp³-hybridized carbons (Fsp3) is 0.810. The summed E-state index contributed by atoms with van der Waals surface area (Å²) >= 11 is 0. The number of hydrogen-bond acceptors (Lipinski definition) is 6. The number of hydrogen-bond donors (Lipinski definition) is 0. The zero-order valence-corrected chi connectivity index (χ0v) is 26.5. The van der Waals surface area contributed by atoms with E-state index in [-0.39, 0.29) is 23.5 Å². The van der Waals surface area contributed by atoms with E-state index in [2.05, 4.69) is 58.9 Å². The van der Waals surface area contributed by atoms with E-state index in [9.17, 15) is 9.59 Å². The van der Waals surface area contributed by atoms with Crippen LogP contribution in [0, 0.1) is 0 Å². The van der Waals surface area contributed by atoms with Gasteiger partial charge in [0.05, 0.1) is 6.61 Å². The van der Waals surface area contributed by atoms with E-state index in [0.29, 0.717) is 6.61 Å². The maximum Gasteiger partial charge on any atom is 0.325 e. The Labute approximate surface area is 202 Å². The van der Waals surface area contributed by atoms with Gasteiger partial charge in [0.25, 0.3) is 0 Å². The largest absolute Gasteiger partial charge is 0.415 e. The summed E-state index contributed by atoms with van der Waals surface area (Å²) in [4.78, 5) is 26.1. The summed E-state index contributed by atoms with van der Waals surface area (Å²) in [5, 5.41) is 0. The van der Waals surface area contributed by atoms with Crippen molar-refractivity contribution in [3.05, 3.63) is 33.1 Å². The van der Waals surface area contributed by atoms with Gasteiger partial charge in [-0.1, -0.05) is 19.6 Å². The average Bonchev–Trinajstić information content (AvgIpc) is 2.85. The highest BCUT2D eigenvalue weighted by Crippen LogP contribution is 2.36. The van der Waals surface area contributed by atoms with E-state index in [1.165, 1.54) is 14.9 Å². The fourth-order valence-corrected chi connectivity index (χ4v) is 8.04. The molecule has 4 atom stereocenters. The van der Waals surface area contributed by atoms with Crippen molar-refractivity contribution in [1.82, 2.24) is 8.80 Å². The molecule has 12 heteroatoms. The molecule has 33 heavy (non-hydrogen) atoms. The molecule has 0 aromatic carbocycles. The summed E-state index contributed by atoms with van der Waals surface area (Å²) in [6.07, 6.45) is -0.342. The van der Waals surface area contributed by atoms with Crippen molar-refractivity contribution < 1.29 is 18.0 Å². The quantitative estimate of drug-likeness (QED) is 0.449. The minimum atomic E-state index is -2.25. The van der Waals surface area contributed by atoms with E-state index < -0.39 is 45.5 Å². The Bertz CT molecular complexity index is 937. The van der Waals surface area contributed by atoms with Gasteiger partial charge < -0.3 is 18.0 Å². The smallest absolute Gasteiger partial charge is 0.325 e. The summed E-state index contributed by atoms with van der Waals surface area (Å²) in [6.45, 7) is 25.5. The Morgan fingerprint density at radius 2 is 1.33 bits per heavy atom. The van der Waals surface area contributed by atoms with Gasteiger partial charge in [0.15, 0.2) is 39.4 Å². The second kappa shape index (κ2) is 9.80. The van der Waals surface area contributed by atoms with Crippen LogP contribution in [0.4, 0.5) is 0 Å². The molecule has 0 amide bonds. The van der Waals surface area contributed by atoms with Crippen LogP contribution >= 0.6 is 0 Å². The Morgan fingerprint density at radius 1 is 0.818 bits per heavy atom. The van der Waals surface area contributed by atoms with Gasteiger partial charge in [0, 0.05) is 12.3 Å². The van der Waals surface area contributed by atoms with E-state index in [4.69, 9.17) is 18.0 Å². The molecule has 1 saturated heterocycles. The molecule has 1 aliphatic rings. The molecule has 0 radical (unpaired) electrons. The summed E-state index contributed by atoms with van der Waals surface area (Å²) in [5.74, 6) is 0. The Balaban J connectivity index is 2.62. The van der Waals surface area contributed by atoms with Crippen LogP contribution in [-0.2, 0) is 18.0 Å². The molecule has 0 saturated carbocycles. The van der Waals surface area contributed by atoms with E-state index >= 15 is 0 Å². The molecule has 190 valence electrons. The SMILES string of the molecule is C[Si](C)(C)OCC1OC(n2ccc(=O)n([Si](C)(C)C)c2=O)C(O[Si](C)(C)C)C1O[Si](C)(C)C. The zero-order valence-electron chi connectivity index (χ0n) is 22.5. The van der Waals surface area contributed by atoms with Crippen molar-refractivity contribution in [2.24, 2.45) is 0 Å². The molecular formula is C21H44N2O6Si4. The van der Waals surface area contributed by atoms with Gasteiger partial charge in [-0.3, -0.25) is 13.6 Å². The first-order chi connectivity index (χ1) is 14.7. The lowest BCUT2D eigenvalue weighted by molar-refractivity contribution is -0.0499. The summed E-state index contributed by atoms with van der Waals surface area (Å²) in [7, 11) is -8.05. The monoisotopic (exact) mass is 532 g/mol. The molecule has 4 unspecified atom stereocenters. The summed E-state index contributed by atoms with van der Waals surface area (Å²) in [6, 6.07) is 1.45. The highest BCUT2D eigenvalue weighted by molar-refractivity contribution is 6.74. The molecule has 1 aromatic rings. The molecule has 2 heterocycles. The third-order valence-corrected chi connectivity index (χ3v) is 9.65. The van der Waals surface area contributed by atoms with Crippen molar-refractivity contribution >= 4 is 33.2 Å². The molecule has 1 aliphatic heterocycles. The maximum atomic E-state index is 13.5. The second-order valence-electron chi connectivity index (χ2n) is 12.7. The van der Waals surface area contributed by atoms with E-state index in [1.807, 2.05) is 19.6 Å². The van der Waals surface area contributed by atoms with Crippen LogP contribution in [-0.4, -0.2) is 66.9 Å². The second-order valence-corrected chi connectivity index (χ2v) is 31.0. The number of ether oxygens (including phenoxy) is 1. The molecule has 1 fully saturated rings. The van der Waals surface area contributed by atoms with Crippen LogP contribution in [0.2, 0.25) is 78.6 Å². The average molecular weight is 533 g/mol. The van der Waals surface area contributed by atoms with Crippen LogP contribution in [0.15, 0.2) is 21.9 Å². The highest BCUT2D eigenvalue weighted by atomic mass is 28.4. The first-order valence-electron chi connectivity index (χ1n) is 11.7. The van der Waals surface area contributed by atoms with Crippen molar-refractivity contribution in [1.29, 1.82) is 0 Å². The number of aromatic nitrogens is 2. The predicted octanol–water partition coefficient (Wildman–Crippen LogP) is 3.88. The molecule has 0 N–H and O–H groups in total. The summed E-state index contributed by atoms with van der Waals surface area (Å²) in [5.41, 5.74) is -0.626. The standard InChI is InChI=1S/C21H44N2O6Si4/c1-30(2,3)23-17(24)13-14-22(21(23)25)20-19(29-33(10,11)12)18(28-32(7,8)9)16(27-20)15-26-31(4,5)6/h13-14,16,18-20H,15H2,1-12H3. The lowest BCUT2D eigenvalue weighted by Crippen LogP contribution is -2.54. The Kier molecular flexibility index (Phi) is 8.50. The van der Waals surface area contributed by atoms with E-state index in [0.717, 1.165) is 0 Å². The van der Waals surface area contributed by atoms with Crippen LogP contribution in [0.5, 0.6) is 0 Å². The number of nitrogens with zero attached hydrogens (tertiary/aromatic N) is 2. The molecule has 0 aliphatic carbocycles. The molecule has 8 nitrogen and oxygen atoms in total. The van der Waals surface area contributed by atoms with Crippen molar-refractivity contribution in [2.45, 2.75) is 103 Å². The minimum Gasteiger partial charge on any atom is -0.415 e. The Morgan fingerprint density at radius 3 is 1.79 bits per heavy atom. The zero-order chi connectivity index (χ0) is 25.6. The van der Waals surface area contributed by atoms with Crippen molar-refractivity contribution in [3.8, 4) is 0 Å². The molecule has 1 aromatic heterocycles. The number of rotatable bonds is 9. The molecular weight excluding hydrogens is 489 g/mol. The normalized spacial score (nSPS) is 25.0. The van der Waals surface area contributed by atoms with Crippen LogP contribution < -0.4 is 11.2 Å². The first kappa shape index (κ1) is 28.6. The van der Waals surface area contributed by atoms with Crippen molar-refractivity contribution in [3.63, 3.8) is 0 Å². The van der Waals surface area contributed by atoms with Crippen LogP contribution in [0.1, 0.15) is 6.23 Å². The minimum absolute atomic E-state index is 0.274. The lowest BCUT2D eigenvalue weighted by Gasteiger charge is -2.34. The lowest BCUT2D eigenvalue weighted by atomic mass is 10.1. The van der Waals surface area contributed by atoms with Gasteiger partial charge >= 0.3 is 5.69 Å². The van der Waals surface area contributed by atoms with Gasteiger partial charge in [0.2, 0.25) is 5.56 Å². The third kappa shape index (κ3) is 7.95. The predicted molar refractivity (Wildman–Crippen MR) is 143 cm³/mol. The van der Waals surface area contributed by atoms with Crippen LogP contribution in [0.3, 0.4) is 0 Å². The topological polar surface area (TPSA) is 80.9 Å². The molecule has 2 rings (SSSR count). The highest BCUT2D eigenvalue weighted by Gasteiger charge is 2.50. The molecule has 0 spiro atoms. The third-order valence-electron chi connectivity index (χ3n) is 4.90. The summed E-state index contributed by atoms with van der Waals surface area (Å²) < 4.78 is 28.9. The van der Waals surface area contributed by atoms with Crippen molar-refractivity contribution in [2.75, 3.05) is 6.61 Å². The Hall–Kier alpha value is -0.612. The maximum absolute atomic E-state index is 13.5. The fourth-order valence-electron chi connectivity index (χ4n) is 3.79. The van der Waals surface area contributed by atoms with Gasteiger partial charge in [-0.05, 0) is 58.9 Å². The first-order valence-corrected chi connectivity index (χ1v) is 25.4. The van der Waals surface area contributed by atoms with Crippen LogP contribution in [0.25, 0.3) is 0 Å². The van der Waals surface area contributed by atoms with E-state index in [1.54, 1.807) is 6.20 Å². The van der Waals surface area contributed by atoms with Gasteiger partial charge in [-0.25, -0.2) is 4.79 Å². The van der Waals surface area contributed by atoms with Gasteiger partial charge in [-0.15, -0.1) is 0 Å². The van der Waals surface area contributed by atoms with Gasteiger partial charge in [-0.2, -0.15) is 0 Å².